The fraction of sp³-hybridized carbons (Fsp3) is 0.400. The van der Waals surface area contributed by atoms with Crippen LogP contribution in [-0.2, 0) is 26.2 Å². The van der Waals surface area contributed by atoms with Gasteiger partial charge in [0, 0.05) is 0 Å². The fourth-order valence-electron chi connectivity index (χ4n) is 1.08. The van der Waals surface area contributed by atoms with Crippen LogP contribution in [-0.4, -0.2) is 0 Å². The molecule has 1 rings (SSSR count). The van der Waals surface area contributed by atoms with E-state index in [0.29, 0.717) is 0 Å². The van der Waals surface area contributed by atoms with Crippen LogP contribution in [0.4, 0.5) is 0 Å². The van der Waals surface area contributed by atoms with E-state index in [0.717, 1.165) is 0 Å². The van der Waals surface area contributed by atoms with Gasteiger partial charge in [0.15, 0.2) is 0 Å². The van der Waals surface area contributed by atoms with Gasteiger partial charge in [0.2, 0.25) is 0 Å². The van der Waals surface area contributed by atoms with Gasteiger partial charge in [0.1, 0.15) is 0 Å². The van der Waals surface area contributed by atoms with Gasteiger partial charge in [-0.15, -0.1) is 0 Å². The van der Waals surface area contributed by atoms with Crippen LogP contribution in [0.2, 0.25) is 0 Å². The summed E-state index contributed by atoms with van der Waals surface area (Å²) in [5.41, 5.74) is 1.51. The Hall–Kier alpha value is -0.0917. The van der Waals surface area contributed by atoms with Crippen LogP contribution in [0, 0.1) is 0 Å². The van der Waals surface area contributed by atoms with E-state index in [1.165, 1.54) is 28.8 Å². The number of aryl methyl sites for hydroxylation is 1. The maximum absolute atomic E-state index is 2.24. The maximum atomic E-state index is 2.24. The summed E-state index contributed by atoms with van der Waals surface area (Å²) in [6.45, 7) is 2.24. The third-order valence-corrected chi connectivity index (χ3v) is 2.75. The Morgan fingerprint density at radius 1 is 1.27 bits per heavy atom. The summed E-state index contributed by atoms with van der Waals surface area (Å²) in [7, 11) is 0. The van der Waals surface area contributed by atoms with Crippen molar-refractivity contribution in [1.82, 2.24) is 0 Å². The van der Waals surface area contributed by atoms with Gasteiger partial charge >= 0.3 is 79.8 Å². The molecule has 0 heterocycles. The number of hydrogen-bond donors (Lipinski definition) is 0. The summed E-state index contributed by atoms with van der Waals surface area (Å²) in [6.07, 6.45) is 3.84. The number of benzene rings is 1. The molecule has 0 aliphatic heterocycles. The minimum absolute atomic E-state index is 1.24. The second-order valence-electron chi connectivity index (χ2n) is 2.71. The fourth-order valence-corrected chi connectivity index (χ4v) is 1.69. The number of unbranched alkanes of at least 4 members (excludes halogenated alkanes) is 1. The first kappa shape index (κ1) is 9.00. The Morgan fingerprint density at radius 3 is 2.64 bits per heavy atom. The van der Waals surface area contributed by atoms with Crippen molar-refractivity contribution in [2.75, 3.05) is 0 Å². The van der Waals surface area contributed by atoms with Crippen molar-refractivity contribution < 1.29 is 19.8 Å². The van der Waals surface area contributed by atoms with E-state index in [1.807, 2.05) is 0 Å². The van der Waals surface area contributed by atoms with Crippen molar-refractivity contribution in [3.63, 3.8) is 0 Å². The number of hydrogen-bond acceptors (Lipinski definition) is 0. The average molecular weight is 229 g/mol. The van der Waals surface area contributed by atoms with Gasteiger partial charge in [0.05, 0.1) is 0 Å². The zero-order valence-corrected chi connectivity index (χ0v) is 8.85. The molecule has 0 atom stereocenters. The van der Waals surface area contributed by atoms with E-state index in [-0.39, 0.29) is 0 Å². The molecule has 0 radical (unpaired) electrons. The zero-order chi connectivity index (χ0) is 8.10. The number of rotatable bonds is 3. The normalized spacial score (nSPS) is 9.91. The summed E-state index contributed by atoms with van der Waals surface area (Å²) < 4.78 is 1.44. The van der Waals surface area contributed by atoms with E-state index < -0.39 is 0 Å². The van der Waals surface area contributed by atoms with Crippen molar-refractivity contribution in [2.45, 2.75) is 26.2 Å². The van der Waals surface area contributed by atoms with Gasteiger partial charge in [-0.2, -0.15) is 0 Å². The molecule has 0 saturated carbocycles. The van der Waals surface area contributed by atoms with Gasteiger partial charge in [-0.3, -0.25) is 0 Å². The molecule has 1 heteroatoms. The third kappa shape index (κ3) is 2.79. The van der Waals surface area contributed by atoms with Gasteiger partial charge in [-0.25, -0.2) is 0 Å². The molecule has 0 saturated heterocycles. The Bertz CT molecular complexity index is 218. The van der Waals surface area contributed by atoms with Crippen molar-refractivity contribution in [1.29, 1.82) is 0 Å². The molecule has 0 N–H and O–H groups in total. The molecule has 1 aromatic rings. The molecule has 0 aromatic heterocycles. The first-order valence-corrected chi connectivity index (χ1v) is 5.10. The molecule has 0 aliphatic carbocycles. The van der Waals surface area contributed by atoms with Crippen LogP contribution in [0.3, 0.4) is 0 Å². The Labute approximate surface area is 79.9 Å². The van der Waals surface area contributed by atoms with Crippen LogP contribution in [0.15, 0.2) is 24.3 Å². The van der Waals surface area contributed by atoms with Gasteiger partial charge in [-0.1, -0.05) is 0 Å². The quantitative estimate of drug-likeness (QED) is 0.697. The van der Waals surface area contributed by atoms with E-state index in [2.05, 4.69) is 51.0 Å². The standard InChI is InChI=1S/C10H13.Mo/c1-2-3-7-10-8-5-4-6-9-10;/h4-6,8H,2-3,7H2,1H3;. The van der Waals surface area contributed by atoms with Crippen LogP contribution >= 0.6 is 0 Å². The molecular weight excluding hydrogens is 216 g/mol. The van der Waals surface area contributed by atoms with Crippen molar-refractivity contribution >= 4 is 3.95 Å². The monoisotopic (exact) mass is 231 g/mol. The van der Waals surface area contributed by atoms with Crippen LogP contribution in [0.25, 0.3) is 0 Å². The molecule has 11 heavy (non-hydrogen) atoms. The summed E-state index contributed by atoms with van der Waals surface area (Å²) >= 11 is 2.11. The first-order valence-electron chi connectivity index (χ1n) is 4.09. The molecule has 1 aromatic carbocycles. The van der Waals surface area contributed by atoms with Crippen LogP contribution in [0.5, 0.6) is 0 Å². The molecular formula is C10H13Mo. The third-order valence-electron chi connectivity index (χ3n) is 1.77. The van der Waals surface area contributed by atoms with Crippen LogP contribution < -0.4 is 3.95 Å². The van der Waals surface area contributed by atoms with Crippen molar-refractivity contribution in [2.24, 2.45) is 0 Å². The summed E-state index contributed by atoms with van der Waals surface area (Å²) in [5.74, 6) is 0. The molecule has 0 nitrogen and oxygen atoms in total. The zero-order valence-electron chi connectivity index (χ0n) is 6.84. The second-order valence-corrected chi connectivity index (χ2v) is 3.79. The SMILES string of the molecule is CCCCc1cccc[c]1[Mo]. The van der Waals surface area contributed by atoms with E-state index >= 15 is 0 Å². The average Bonchev–Trinajstić information content (AvgIpc) is 2.03. The van der Waals surface area contributed by atoms with Crippen molar-refractivity contribution in [3.05, 3.63) is 29.8 Å². The van der Waals surface area contributed by atoms with E-state index in [4.69, 9.17) is 0 Å². The second kappa shape index (κ2) is 4.72. The molecule has 0 spiro atoms. The van der Waals surface area contributed by atoms with Gasteiger partial charge < -0.3 is 0 Å². The molecule has 0 unspecified atom stereocenters. The molecule has 59 valence electrons. The van der Waals surface area contributed by atoms with E-state index in [9.17, 15) is 0 Å². The van der Waals surface area contributed by atoms with Crippen molar-refractivity contribution in [3.8, 4) is 0 Å². The van der Waals surface area contributed by atoms with Crippen LogP contribution in [0.1, 0.15) is 25.3 Å². The topological polar surface area (TPSA) is 0 Å². The Morgan fingerprint density at radius 2 is 2.00 bits per heavy atom. The summed E-state index contributed by atoms with van der Waals surface area (Å²) in [6, 6.07) is 8.65. The molecule has 0 amide bonds. The van der Waals surface area contributed by atoms with E-state index in [1.54, 1.807) is 0 Å². The Balaban J connectivity index is 2.62. The predicted octanol–water partition coefficient (Wildman–Crippen LogP) is 2.20. The first-order chi connectivity index (χ1) is 5.34. The van der Waals surface area contributed by atoms with Gasteiger partial charge in [-0.05, 0) is 0 Å². The molecule has 0 aliphatic rings. The Kier molecular flexibility index (Phi) is 3.86. The van der Waals surface area contributed by atoms with Gasteiger partial charge in [0.25, 0.3) is 0 Å². The molecule has 0 bridgehead atoms. The summed E-state index contributed by atoms with van der Waals surface area (Å²) in [5, 5.41) is 0. The summed E-state index contributed by atoms with van der Waals surface area (Å²) in [4.78, 5) is 0. The molecule has 0 fully saturated rings. The predicted molar refractivity (Wildman–Crippen MR) is 44.7 cm³/mol. The minimum atomic E-state index is 1.24.